The van der Waals surface area contributed by atoms with Crippen LogP contribution < -0.4 is 5.32 Å². The number of aliphatic hydroxyl groups is 1. The number of rotatable bonds is 5. The molecule has 6 nitrogen and oxygen atoms in total. The van der Waals surface area contributed by atoms with Gasteiger partial charge in [0, 0.05) is 30.4 Å². The maximum atomic E-state index is 14.0. The first-order valence-electron chi connectivity index (χ1n) is 8.63. The van der Waals surface area contributed by atoms with Crippen molar-refractivity contribution >= 4 is 17.9 Å². The van der Waals surface area contributed by atoms with Crippen molar-refractivity contribution in [2.45, 2.75) is 33.1 Å². The number of benzene rings is 1. The van der Waals surface area contributed by atoms with Gasteiger partial charge < -0.3 is 10.4 Å². The van der Waals surface area contributed by atoms with Crippen LogP contribution in [0.5, 0.6) is 0 Å². The molecule has 2 aromatic rings. The van der Waals surface area contributed by atoms with E-state index < -0.39 is 23.7 Å². The Hall–Kier alpha value is -3.01. The lowest BCUT2D eigenvalue weighted by Gasteiger charge is -2.13. The van der Waals surface area contributed by atoms with E-state index in [9.17, 15) is 27.5 Å². The number of aromatic nitrogens is 2. The van der Waals surface area contributed by atoms with Crippen LogP contribution in [0.25, 0.3) is 5.82 Å². The lowest BCUT2D eigenvalue weighted by molar-refractivity contribution is -0.137. The second-order valence-corrected chi connectivity index (χ2v) is 5.48. The summed E-state index contributed by atoms with van der Waals surface area (Å²) >= 11 is 0. The zero-order valence-electron chi connectivity index (χ0n) is 16.3. The van der Waals surface area contributed by atoms with Gasteiger partial charge in [-0.2, -0.15) is 18.3 Å². The largest absolute Gasteiger partial charge is 0.416 e. The summed E-state index contributed by atoms with van der Waals surface area (Å²) in [7, 11) is 1.53. The van der Waals surface area contributed by atoms with Crippen LogP contribution in [0.2, 0.25) is 0 Å². The zero-order valence-corrected chi connectivity index (χ0v) is 16.3. The average molecular weight is 414 g/mol. The van der Waals surface area contributed by atoms with Crippen LogP contribution in [-0.2, 0) is 11.0 Å². The second kappa shape index (κ2) is 10.5. The molecule has 1 atom stereocenters. The van der Waals surface area contributed by atoms with Crippen molar-refractivity contribution in [3.05, 3.63) is 59.2 Å². The number of nitrogens with one attached hydrogen (secondary N) is 1. The van der Waals surface area contributed by atoms with Gasteiger partial charge in [-0.05, 0) is 19.1 Å². The molecule has 0 spiro atoms. The predicted molar refractivity (Wildman–Crippen MR) is 102 cm³/mol. The summed E-state index contributed by atoms with van der Waals surface area (Å²) < 4.78 is 53.1. The average Bonchev–Trinajstić information content (AvgIpc) is 3.18. The van der Waals surface area contributed by atoms with Gasteiger partial charge in [0.15, 0.2) is 0 Å². The van der Waals surface area contributed by atoms with Crippen molar-refractivity contribution in [1.29, 1.82) is 0 Å². The molecule has 0 fully saturated rings. The Balaban J connectivity index is 0.00000204. The van der Waals surface area contributed by atoms with Crippen molar-refractivity contribution in [3.63, 3.8) is 0 Å². The van der Waals surface area contributed by atoms with Gasteiger partial charge in [-0.25, -0.2) is 9.07 Å². The van der Waals surface area contributed by atoms with Gasteiger partial charge in [-0.3, -0.25) is 9.79 Å². The first kappa shape index (κ1) is 24.0. The van der Waals surface area contributed by atoms with Crippen molar-refractivity contribution in [2.75, 3.05) is 7.05 Å². The molecule has 10 heteroatoms. The molecule has 0 aliphatic rings. The molecular weight excluding hydrogens is 392 g/mol. The summed E-state index contributed by atoms with van der Waals surface area (Å²) in [6, 6.07) is 1.88. The third-order valence-electron chi connectivity index (χ3n) is 3.66. The minimum absolute atomic E-state index is 0.123. The SMILES string of the molecule is CC.CN=C(C)N/C(=C\C=O)n1cc(C(O)c2ccc(C(F)(F)F)cc2F)cn1. The van der Waals surface area contributed by atoms with Crippen LogP contribution in [-0.4, -0.2) is 34.1 Å². The zero-order chi connectivity index (χ0) is 22.2. The Kier molecular flexibility index (Phi) is 8.71. The van der Waals surface area contributed by atoms with Crippen LogP contribution in [0, 0.1) is 5.82 Å². The number of amidine groups is 1. The van der Waals surface area contributed by atoms with E-state index in [1.165, 1.54) is 24.1 Å². The van der Waals surface area contributed by atoms with Crippen molar-refractivity contribution in [2.24, 2.45) is 4.99 Å². The molecule has 0 radical (unpaired) electrons. The normalized spacial score (nSPS) is 13.4. The molecule has 1 heterocycles. The van der Waals surface area contributed by atoms with E-state index in [1.807, 2.05) is 13.8 Å². The van der Waals surface area contributed by atoms with Crippen molar-refractivity contribution in [1.82, 2.24) is 15.1 Å². The molecule has 0 amide bonds. The highest BCUT2D eigenvalue weighted by Crippen LogP contribution is 2.32. The van der Waals surface area contributed by atoms with E-state index in [4.69, 9.17) is 0 Å². The third-order valence-corrected chi connectivity index (χ3v) is 3.66. The minimum atomic E-state index is -4.69. The fourth-order valence-corrected chi connectivity index (χ4v) is 2.20. The number of hydrogen-bond donors (Lipinski definition) is 2. The van der Waals surface area contributed by atoms with Crippen molar-refractivity contribution < 1.29 is 27.5 Å². The summed E-state index contributed by atoms with van der Waals surface area (Å²) in [6.07, 6.45) is -2.03. The van der Waals surface area contributed by atoms with Gasteiger partial charge in [0.25, 0.3) is 0 Å². The number of aldehydes is 1. The molecule has 0 saturated heterocycles. The molecule has 158 valence electrons. The number of halogens is 4. The summed E-state index contributed by atoms with van der Waals surface area (Å²) in [4.78, 5) is 14.7. The maximum absolute atomic E-state index is 14.0. The molecule has 0 aliphatic carbocycles. The second-order valence-electron chi connectivity index (χ2n) is 5.48. The van der Waals surface area contributed by atoms with E-state index in [0.29, 0.717) is 24.3 Å². The third kappa shape index (κ3) is 6.24. The van der Waals surface area contributed by atoms with E-state index in [0.717, 1.165) is 12.1 Å². The fraction of sp³-hybridized carbons (Fsp3) is 0.316. The lowest BCUT2D eigenvalue weighted by atomic mass is 10.0. The number of alkyl halides is 3. The van der Waals surface area contributed by atoms with Crippen molar-refractivity contribution in [3.8, 4) is 0 Å². The molecule has 1 unspecified atom stereocenters. The minimum Gasteiger partial charge on any atom is -0.383 e. The van der Waals surface area contributed by atoms with Crippen LogP contribution in [0.3, 0.4) is 0 Å². The van der Waals surface area contributed by atoms with Crippen LogP contribution >= 0.6 is 0 Å². The number of aliphatic imine (C=N–C) groups is 1. The number of carbonyl (C=O) groups is 1. The van der Waals surface area contributed by atoms with Gasteiger partial charge in [0.2, 0.25) is 0 Å². The maximum Gasteiger partial charge on any atom is 0.416 e. The summed E-state index contributed by atoms with van der Waals surface area (Å²) in [6.45, 7) is 5.65. The summed E-state index contributed by atoms with van der Waals surface area (Å²) in [5.41, 5.74) is -1.36. The fourth-order valence-electron chi connectivity index (χ4n) is 2.20. The summed E-state index contributed by atoms with van der Waals surface area (Å²) in [5, 5.41) is 17.1. The highest BCUT2D eigenvalue weighted by Gasteiger charge is 2.32. The molecular formula is C19H22F4N4O2. The van der Waals surface area contributed by atoms with Crippen LogP contribution in [0.15, 0.2) is 41.7 Å². The van der Waals surface area contributed by atoms with E-state index in [-0.39, 0.29) is 16.9 Å². The Morgan fingerprint density at radius 2 is 2.00 bits per heavy atom. The number of hydrogen-bond acceptors (Lipinski definition) is 4. The van der Waals surface area contributed by atoms with Gasteiger partial charge in [-0.1, -0.05) is 19.9 Å². The van der Waals surface area contributed by atoms with Gasteiger partial charge in [0.1, 0.15) is 24.0 Å². The molecule has 0 saturated carbocycles. The Morgan fingerprint density at radius 1 is 1.34 bits per heavy atom. The molecule has 0 aliphatic heterocycles. The number of allylic oxidation sites excluding steroid dienone is 1. The number of carbonyl (C=O) groups excluding carboxylic acids is 1. The van der Waals surface area contributed by atoms with Gasteiger partial charge >= 0.3 is 6.18 Å². The quantitative estimate of drug-likeness (QED) is 0.257. The molecule has 2 rings (SSSR count). The monoisotopic (exact) mass is 414 g/mol. The van der Waals surface area contributed by atoms with Crippen LogP contribution in [0.4, 0.5) is 17.6 Å². The molecule has 0 bridgehead atoms. The van der Waals surface area contributed by atoms with Gasteiger partial charge in [-0.15, -0.1) is 0 Å². The molecule has 29 heavy (non-hydrogen) atoms. The van der Waals surface area contributed by atoms with E-state index >= 15 is 0 Å². The predicted octanol–water partition coefficient (Wildman–Crippen LogP) is 3.78. The van der Waals surface area contributed by atoms with E-state index in [2.05, 4.69) is 15.4 Å². The number of nitrogens with zero attached hydrogens (tertiary/aromatic N) is 3. The molecule has 1 aromatic carbocycles. The first-order valence-corrected chi connectivity index (χ1v) is 8.63. The molecule has 1 aromatic heterocycles. The molecule has 2 N–H and O–H groups in total. The number of aliphatic hydroxyl groups excluding tert-OH is 1. The van der Waals surface area contributed by atoms with Gasteiger partial charge in [0.05, 0.1) is 17.6 Å². The first-order chi connectivity index (χ1) is 13.7. The smallest absolute Gasteiger partial charge is 0.383 e. The summed E-state index contributed by atoms with van der Waals surface area (Å²) in [5.74, 6) is -0.491. The Labute approximate surface area is 165 Å². The highest BCUT2D eigenvalue weighted by atomic mass is 19.4. The highest BCUT2D eigenvalue weighted by molar-refractivity contribution is 5.88. The lowest BCUT2D eigenvalue weighted by Crippen LogP contribution is -2.23. The van der Waals surface area contributed by atoms with E-state index in [1.54, 1.807) is 6.92 Å². The Morgan fingerprint density at radius 3 is 2.52 bits per heavy atom. The standard InChI is InChI=1S/C17H16F4N4O2.C2H6/c1-10(22-2)24-15(5-6-26)25-9-11(8-23-25)16(27)13-4-3-12(7-14(13)18)17(19,20)21;1-2/h3-9,16,27H,1-2H3,(H,22,24);1-2H3/b15-5+;. The Bertz CT molecular complexity index is 889. The van der Waals surface area contributed by atoms with Crippen LogP contribution in [0.1, 0.15) is 43.6 Å². The topological polar surface area (TPSA) is 79.5 Å².